The molecule has 0 saturated carbocycles. The summed E-state index contributed by atoms with van der Waals surface area (Å²) in [6.45, 7) is 0.463. The Morgan fingerprint density at radius 2 is 1.73 bits per heavy atom. The number of hydrogen-bond donors (Lipinski definition) is 1. The van der Waals surface area contributed by atoms with Crippen LogP contribution in [0, 0.1) is 10.3 Å². The summed E-state index contributed by atoms with van der Waals surface area (Å²) in [5.41, 5.74) is 0. The third-order valence-electron chi connectivity index (χ3n) is 1.60. The van der Waals surface area contributed by atoms with E-state index in [2.05, 4.69) is 5.18 Å². The van der Waals surface area contributed by atoms with Gasteiger partial charge in [-0.2, -0.15) is 4.91 Å². The highest BCUT2D eigenvalue weighted by Gasteiger charge is 1.88. The average molecular weight is 156 g/mol. The monoisotopic (exact) mass is 156 g/mol. The number of unbranched alkanes of at least 4 members (excludes halogenated alkanes) is 5. The van der Waals surface area contributed by atoms with E-state index in [9.17, 15) is 4.91 Å². The van der Waals surface area contributed by atoms with Gasteiger partial charge in [0.1, 0.15) is 0 Å². The van der Waals surface area contributed by atoms with E-state index in [-0.39, 0.29) is 0 Å². The van der Waals surface area contributed by atoms with Crippen LogP contribution in [0.3, 0.4) is 0 Å². The molecule has 0 rings (SSSR count). The van der Waals surface area contributed by atoms with Crippen molar-refractivity contribution in [1.82, 2.24) is 0 Å². The maximum Gasteiger partial charge on any atom is 0.0811 e. The van der Waals surface area contributed by atoms with Crippen molar-refractivity contribution in [1.29, 1.82) is 5.41 Å². The Hall–Kier alpha value is -0.730. The second kappa shape index (κ2) is 9.27. The Morgan fingerprint density at radius 1 is 1.09 bits per heavy atom. The molecule has 3 heteroatoms. The summed E-state index contributed by atoms with van der Waals surface area (Å²) in [5, 5.41) is 9.55. The molecule has 0 atom stereocenters. The van der Waals surface area contributed by atoms with Crippen molar-refractivity contribution in [2.24, 2.45) is 5.18 Å². The molecule has 11 heavy (non-hydrogen) atoms. The molecule has 0 saturated heterocycles. The lowest BCUT2D eigenvalue weighted by Gasteiger charge is -1.95. The molecular formula is C8H16N2O. The van der Waals surface area contributed by atoms with Gasteiger partial charge < -0.3 is 5.41 Å². The summed E-state index contributed by atoms with van der Waals surface area (Å²) in [6.07, 6.45) is 7.83. The maximum absolute atomic E-state index is 9.66. The average Bonchev–Trinajstić information content (AvgIpc) is 2.03. The molecule has 0 fully saturated rings. The van der Waals surface area contributed by atoms with Crippen molar-refractivity contribution in [3.8, 4) is 0 Å². The minimum atomic E-state index is 0.463. The molecule has 0 aromatic rings. The summed E-state index contributed by atoms with van der Waals surface area (Å²) in [7, 11) is 0. The second-order valence-electron chi connectivity index (χ2n) is 2.61. The first-order valence-corrected chi connectivity index (χ1v) is 4.20. The minimum absolute atomic E-state index is 0.463. The first-order chi connectivity index (χ1) is 5.41. The summed E-state index contributed by atoms with van der Waals surface area (Å²) in [5.74, 6) is 0. The van der Waals surface area contributed by atoms with Gasteiger partial charge in [0.25, 0.3) is 0 Å². The fourth-order valence-electron chi connectivity index (χ4n) is 0.953. The quantitative estimate of drug-likeness (QED) is 0.328. The lowest BCUT2D eigenvalue weighted by molar-refractivity contribution is 0.628. The highest BCUT2D eigenvalue weighted by Crippen LogP contribution is 2.03. The SMILES string of the molecule is N=CCCCCCCCN=O. The predicted octanol–water partition coefficient (Wildman–Crippen LogP) is 2.74. The largest absolute Gasteiger partial charge is 0.313 e. The van der Waals surface area contributed by atoms with Crippen molar-refractivity contribution < 1.29 is 0 Å². The van der Waals surface area contributed by atoms with Gasteiger partial charge in [0, 0.05) is 0 Å². The van der Waals surface area contributed by atoms with E-state index in [0.717, 1.165) is 25.7 Å². The fourth-order valence-corrected chi connectivity index (χ4v) is 0.953. The Balaban J connectivity index is 2.79. The summed E-state index contributed by atoms with van der Waals surface area (Å²) < 4.78 is 0. The highest BCUT2D eigenvalue weighted by molar-refractivity contribution is 5.52. The van der Waals surface area contributed by atoms with Crippen molar-refractivity contribution in [2.75, 3.05) is 6.54 Å². The summed E-state index contributed by atoms with van der Waals surface area (Å²) in [4.78, 5) is 9.66. The van der Waals surface area contributed by atoms with Gasteiger partial charge in [-0.3, -0.25) is 0 Å². The number of nitrogens with one attached hydrogen (secondary N) is 1. The van der Waals surface area contributed by atoms with Crippen LogP contribution in [-0.2, 0) is 0 Å². The Kier molecular flexibility index (Phi) is 8.65. The number of nitroso groups, excluding NO2 is 1. The van der Waals surface area contributed by atoms with E-state index in [1.807, 2.05) is 0 Å². The summed E-state index contributed by atoms with van der Waals surface area (Å²) in [6, 6.07) is 0. The molecule has 0 spiro atoms. The van der Waals surface area contributed by atoms with E-state index < -0.39 is 0 Å². The van der Waals surface area contributed by atoms with Gasteiger partial charge in [-0.15, -0.1) is 0 Å². The Labute approximate surface area is 67.7 Å². The molecule has 0 heterocycles. The van der Waals surface area contributed by atoms with Gasteiger partial charge in [0.2, 0.25) is 0 Å². The summed E-state index contributed by atoms with van der Waals surface area (Å²) >= 11 is 0. The van der Waals surface area contributed by atoms with Crippen LogP contribution in [0.25, 0.3) is 0 Å². The molecular weight excluding hydrogens is 140 g/mol. The zero-order valence-electron chi connectivity index (χ0n) is 6.88. The third-order valence-corrected chi connectivity index (χ3v) is 1.60. The third kappa shape index (κ3) is 9.27. The van der Waals surface area contributed by atoms with E-state index in [1.54, 1.807) is 0 Å². The van der Waals surface area contributed by atoms with Crippen LogP contribution < -0.4 is 0 Å². The van der Waals surface area contributed by atoms with Gasteiger partial charge in [-0.05, 0) is 25.5 Å². The van der Waals surface area contributed by atoms with Crippen LogP contribution in [0.15, 0.2) is 5.18 Å². The smallest absolute Gasteiger partial charge is 0.0811 e. The molecule has 0 aliphatic rings. The molecule has 0 aromatic heterocycles. The number of nitrogens with zero attached hydrogens (tertiary/aromatic N) is 1. The minimum Gasteiger partial charge on any atom is -0.313 e. The molecule has 0 aliphatic carbocycles. The highest BCUT2D eigenvalue weighted by atomic mass is 16.3. The van der Waals surface area contributed by atoms with Crippen LogP contribution in [-0.4, -0.2) is 12.8 Å². The zero-order valence-corrected chi connectivity index (χ0v) is 6.88. The second-order valence-corrected chi connectivity index (χ2v) is 2.61. The van der Waals surface area contributed by atoms with Gasteiger partial charge in [-0.25, -0.2) is 0 Å². The van der Waals surface area contributed by atoms with Gasteiger partial charge in [-0.1, -0.05) is 24.4 Å². The maximum atomic E-state index is 9.66. The van der Waals surface area contributed by atoms with Crippen molar-refractivity contribution in [2.45, 2.75) is 38.5 Å². The van der Waals surface area contributed by atoms with Gasteiger partial charge >= 0.3 is 0 Å². The van der Waals surface area contributed by atoms with Crippen LogP contribution in [0.2, 0.25) is 0 Å². The first-order valence-electron chi connectivity index (χ1n) is 4.20. The predicted molar refractivity (Wildman–Crippen MR) is 47.1 cm³/mol. The molecule has 0 unspecified atom stereocenters. The van der Waals surface area contributed by atoms with Crippen LogP contribution in [0.4, 0.5) is 0 Å². The first kappa shape index (κ1) is 10.3. The van der Waals surface area contributed by atoms with Gasteiger partial charge in [0.05, 0.1) is 6.54 Å². The topological polar surface area (TPSA) is 53.3 Å². The standard InChI is InChI=1S/C8H16N2O/c9-7-5-3-1-2-4-6-8-10-11/h7,9H,1-6,8H2. The van der Waals surface area contributed by atoms with Crippen LogP contribution in [0.5, 0.6) is 0 Å². The van der Waals surface area contributed by atoms with Crippen molar-refractivity contribution >= 4 is 6.21 Å². The molecule has 0 aromatic carbocycles. The van der Waals surface area contributed by atoms with Crippen LogP contribution >= 0.6 is 0 Å². The lowest BCUT2D eigenvalue weighted by Crippen LogP contribution is -1.82. The molecule has 0 radical (unpaired) electrons. The van der Waals surface area contributed by atoms with E-state index >= 15 is 0 Å². The van der Waals surface area contributed by atoms with Crippen molar-refractivity contribution in [3.63, 3.8) is 0 Å². The normalized spacial score (nSPS) is 9.45. The Bertz CT molecular complexity index is 92.3. The van der Waals surface area contributed by atoms with E-state index in [0.29, 0.717) is 6.54 Å². The molecule has 3 nitrogen and oxygen atoms in total. The fraction of sp³-hybridized carbons (Fsp3) is 0.875. The zero-order chi connectivity index (χ0) is 8.36. The number of hydrogen-bond acceptors (Lipinski definition) is 3. The molecule has 1 N–H and O–H groups in total. The number of rotatable bonds is 8. The van der Waals surface area contributed by atoms with Crippen LogP contribution in [0.1, 0.15) is 38.5 Å². The molecule has 0 amide bonds. The molecule has 0 bridgehead atoms. The lowest BCUT2D eigenvalue weighted by atomic mass is 10.1. The molecule has 0 aliphatic heterocycles. The van der Waals surface area contributed by atoms with Crippen molar-refractivity contribution in [3.05, 3.63) is 4.91 Å². The van der Waals surface area contributed by atoms with E-state index in [4.69, 9.17) is 5.41 Å². The molecule has 64 valence electrons. The van der Waals surface area contributed by atoms with E-state index in [1.165, 1.54) is 19.1 Å². The Morgan fingerprint density at radius 3 is 2.36 bits per heavy atom. The van der Waals surface area contributed by atoms with Gasteiger partial charge in [0.15, 0.2) is 0 Å².